The number of aliphatic imine (C=N–C) groups is 2. The fraction of sp³-hybridized carbons (Fsp3) is 0.700. The summed E-state index contributed by atoms with van der Waals surface area (Å²) in [6.45, 7) is -0.459. The van der Waals surface area contributed by atoms with E-state index < -0.39 is 35.7 Å². The number of ether oxygens (including phenoxy) is 1. The van der Waals surface area contributed by atoms with Crippen LogP contribution in [-0.2, 0) is 4.74 Å². The normalized spacial score (nSPS) is 35.3. The van der Waals surface area contributed by atoms with E-state index in [1.807, 2.05) is 0 Å². The van der Waals surface area contributed by atoms with Gasteiger partial charge in [-0.3, -0.25) is 0 Å². The van der Waals surface area contributed by atoms with Crippen LogP contribution in [-0.4, -0.2) is 81.0 Å². The van der Waals surface area contributed by atoms with Crippen molar-refractivity contribution in [2.45, 2.75) is 29.6 Å². The van der Waals surface area contributed by atoms with Gasteiger partial charge in [-0.05, 0) is 0 Å². The van der Waals surface area contributed by atoms with E-state index in [-0.39, 0.29) is 49.9 Å². The summed E-state index contributed by atoms with van der Waals surface area (Å²) >= 11 is 0. The molecular formula is C10H19Cl2N7O5. The fourth-order valence-corrected chi connectivity index (χ4v) is 3.22. The Balaban J connectivity index is 0.00000144. The maximum atomic E-state index is 10.8. The predicted octanol–water partition coefficient (Wildman–Crippen LogP) is -4.04. The molecule has 0 unspecified atom stereocenters. The molecular weight excluding hydrogens is 369 g/mol. The highest BCUT2D eigenvalue weighted by molar-refractivity contribution is 5.87. The van der Waals surface area contributed by atoms with Crippen LogP contribution in [0, 0.1) is 0 Å². The first-order chi connectivity index (χ1) is 10.2. The molecule has 4 atom stereocenters. The quantitative estimate of drug-likeness (QED) is 0.230. The number of rotatable bonds is 2. The van der Waals surface area contributed by atoms with Crippen molar-refractivity contribution in [2.24, 2.45) is 27.2 Å². The van der Waals surface area contributed by atoms with Gasteiger partial charge in [-0.2, -0.15) is 0 Å². The van der Waals surface area contributed by atoms with E-state index in [0.29, 0.717) is 0 Å². The van der Waals surface area contributed by atoms with E-state index in [1.54, 1.807) is 0 Å². The number of aliphatic hydroxyl groups is 3. The van der Waals surface area contributed by atoms with Crippen LogP contribution in [0.2, 0.25) is 0 Å². The van der Waals surface area contributed by atoms with Crippen LogP contribution >= 0.6 is 24.8 Å². The molecule has 1 spiro atoms. The molecule has 0 bridgehead atoms. The molecule has 3 heterocycles. The summed E-state index contributed by atoms with van der Waals surface area (Å²) in [5.41, 5.74) is 14.7. The Morgan fingerprint density at radius 1 is 1.38 bits per heavy atom. The molecule has 24 heavy (non-hydrogen) atoms. The molecule has 1 amide bonds. The minimum atomic E-state index is -2.60. The minimum Gasteiger partial charge on any atom is -0.447 e. The molecule has 3 rings (SSSR count). The third kappa shape index (κ3) is 2.46. The van der Waals surface area contributed by atoms with Crippen LogP contribution in [0.1, 0.15) is 0 Å². The highest BCUT2D eigenvalue weighted by Gasteiger charge is 2.73. The zero-order chi connectivity index (χ0) is 16.3. The fourth-order valence-electron chi connectivity index (χ4n) is 3.22. The largest absolute Gasteiger partial charge is 0.447 e. The standard InChI is InChI=1S/C10H17N7O5.2ClH/c11-6-15-5-3(2-22-8(13)19)14-7(12)17-1-4(18)10(20,21)9(5,17)16-6;;/h3-5,18,20-21H,1-2H2,(H2,12,14)(H2,13,19)(H3,11,15,16);2*1H/t3-,4+,5-,9-;;/m0../s1. The number of guanidine groups is 2. The number of amides is 1. The number of carbonyl (C=O) groups is 1. The molecule has 0 aromatic heterocycles. The van der Waals surface area contributed by atoms with Gasteiger partial charge in [-0.1, -0.05) is 0 Å². The summed E-state index contributed by atoms with van der Waals surface area (Å²) in [6, 6.07) is -1.80. The lowest BCUT2D eigenvalue weighted by molar-refractivity contribution is -0.257. The first-order valence-corrected chi connectivity index (χ1v) is 6.47. The van der Waals surface area contributed by atoms with Gasteiger partial charge < -0.3 is 47.5 Å². The van der Waals surface area contributed by atoms with E-state index in [2.05, 4.69) is 15.3 Å². The Morgan fingerprint density at radius 2 is 2.00 bits per heavy atom. The molecule has 12 nitrogen and oxygen atoms in total. The SMILES string of the molecule is Cl.Cl.NC(=O)OC[C@@H]1N=C(N)N2C[C@@H](O)C(O)(O)[C@@]23NC(N)=N[C@@H]13. The Hall–Kier alpha value is -1.73. The van der Waals surface area contributed by atoms with Crippen LogP contribution < -0.4 is 22.5 Å². The summed E-state index contributed by atoms with van der Waals surface area (Å²) in [6.07, 6.45) is -2.55. The molecule has 0 aromatic carbocycles. The maximum absolute atomic E-state index is 10.8. The Morgan fingerprint density at radius 3 is 2.58 bits per heavy atom. The van der Waals surface area contributed by atoms with E-state index in [9.17, 15) is 20.1 Å². The lowest BCUT2D eigenvalue weighted by Crippen LogP contribution is -2.77. The maximum Gasteiger partial charge on any atom is 0.404 e. The lowest BCUT2D eigenvalue weighted by Gasteiger charge is -2.48. The molecule has 10 N–H and O–H groups in total. The molecule has 0 saturated carbocycles. The molecule has 1 saturated heterocycles. The highest BCUT2D eigenvalue weighted by atomic mass is 35.5. The summed E-state index contributed by atoms with van der Waals surface area (Å²) in [5, 5.41) is 33.4. The van der Waals surface area contributed by atoms with Crippen LogP contribution in [0.3, 0.4) is 0 Å². The molecule has 0 radical (unpaired) electrons. The van der Waals surface area contributed by atoms with Crippen molar-refractivity contribution in [1.29, 1.82) is 0 Å². The summed E-state index contributed by atoms with van der Waals surface area (Å²) in [5.74, 6) is -2.75. The van der Waals surface area contributed by atoms with Gasteiger partial charge in [-0.25, -0.2) is 14.8 Å². The number of hydrogen-bond acceptors (Lipinski definition) is 11. The number of carbonyl (C=O) groups excluding carboxylic acids is 1. The zero-order valence-corrected chi connectivity index (χ0v) is 13.8. The van der Waals surface area contributed by atoms with Crippen molar-refractivity contribution in [1.82, 2.24) is 10.2 Å². The Bertz CT molecular complexity index is 588. The van der Waals surface area contributed by atoms with Crippen LogP contribution in [0.5, 0.6) is 0 Å². The molecule has 3 aliphatic rings. The lowest BCUT2D eigenvalue weighted by atomic mass is 9.86. The van der Waals surface area contributed by atoms with Gasteiger partial charge in [0.1, 0.15) is 24.8 Å². The van der Waals surface area contributed by atoms with Crippen LogP contribution in [0.4, 0.5) is 4.79 Å². The summed E-state index contributed by atoms with van der Waals surface area (Å²) in [4.78, 5) is 20.3. The van der Waals surface area contributed by atoms with Crippen molar-refractivity contribution in [3.05, 3.63) is 0 Å². The first kappa shape index (κ1) is 20.3. The van der Waals surface area contributed by atoms with Gasteiger partial charge in [0.15, 0.2) is 17.6 Å². The number of nitrogens with two attached hydrogens (primary N) is 3. The summed E-state index contributed by atoms with van der Waals surface area (Å²) < 4.78 is 4.71. The molecule has 3 aliphatic heterocycles. The molecule has 138 valence electrons. The third-order valence-corrected chi connectivity index (χ3v) is 4.17. The van der Waals surface area contributed by atoms with Gasteiger partial charge in [0.05, 0.1) is 6.54 Å². The Labute approximate surface area is 148 Å². The summed E-state index contributed by atoms with van der Waals surface area (Å²) in [7, 11) is 0. The van der Waals surface area contributed by atoms with E-state index >= 15 is 0 Å². The van der Waals surface area contributed by atoms with Crippen molar-refractivity contribution >= 4 is 42.8 Å². The predicted molar refractivity (Wildman–Crippen MR) is 86.6 cm³/mol. The van der Waals surface area contributed by atoms with E-state index in [4.69, 9.17) is 21.9 Å². The van der Waals surface area contributed by atoms with Crippen molar-refractivity contribution in [3.63, 3.8) is 0 Å². The third-order valence-electron chi connectivity index (χ3n) is 4.17. The number of primary amides is 1. The van der Waals surface area contributed by atoms with Crippen LogP contribution in [0.25, 0.3) is 0 Å². The molecule has 1 fully saturated rings. The molecule has 0 aliphatic carbocycles. The number of halogens is 2. The van der Waals surface area contributed by atoms with Crippen molar-refractivity contribution < 1.29 is 24.9 Å². The van der Waals surface area contributed by atoms with Gasteiger partial charge in [0.25, 0.3) is 0 Å². The second-order valence-electron chi connectivity index (χ2n) is 5.39. The topological polar surface area (TPSA) is 205 Å². The second kappa shape index (κ2) is 6.29. The second-order valence-corrected chi connectivity index (χ2v) is 5.39. The minimum absolute atomic E-state index is 0. The van der Waals surface area contributed by atoms with Gasteiger partial charge in [0.2, 0.25) is 5.79 Å². The molecule has 0 aromatic rings. The van der Waals surface area contributed by atoms with E-state index in [1.165, 1.54) is 4.90 Å². The van der Waals surface area contributed by atoms with Crippen molar-refractivity contribution in [3.8, 4) is 0 Å². The number of nitrogens with one attached hydrogen (secondary N) is 1. The number of aliphatic hydroxyl groups excluding tert-OH is 1. The van der Waals surface area contributed by atoms with Crippen molar-refractivity contribution in [2.75, 3.05) is 13.2 Å². The highest BCUT2D eigenvalue weighted by Crippen LogP contribution is 2.44. The van der Waals surface area contributed by atoms with Gasteiger partial charge in [0, 0.05) is 0 Å². The monoisotopic (exact) mass is 387 g/mol. The first-order valence-electron chi connectivity index (χ1n) is 6.47. The Kier molecular flexibility index (Phi) is 5.33. The average Bonchev–Trinajstić information content (AvgIpc) is 2.86. The number of hydrogen-bond donors (Lipinski definition) is 7. The molecule has 14 heteroatoms. The van der Waals surface area contributed by atoms with Gasteiger partial charge >= 0.3 is 6.09 Å². The van der Waals surface area contributed by atoms with Gasteiger partial charge in [-0.15, -0.1) is 24.8 Å². The zero-order valence-electron chi connectivity index (χ0n) is 12.2. The van der Waals surface area contributed by atoms with E-state index in [0.717, 1.165) is 0 Å². The average molecular weight is 388 g/mol. The van der Waals surface area contributed by atoms with Crippen LogP contribution in [0.15, 0.2) is 9.98 Å². The smallest absolute Gasteiger partial charge is 0.404 e. The number of nitrogens with zero attached hydrogens (tertiary/aromatic N) is 3.